The largest absolute Gasteiger partial charge is 0.369 e. The number of unbranched alkanes of at least 4 members (excludes halogenated alkanes) is 1. The number of nitrogens with zero attached hydrogens (tertiary/aromatic N) is 3. The zero-order valence-electron chi connectivity index (χ0n) is 11.3. The number of carbonyl (C=O) groups excluding carboxylic acids is 1. The summed E-state index contributed by atoms with van der Waals surface area (Å²) in [5.41, 5.74) is 5.28. The molecule has 2 rings (SSSR count). The predicted octanol–water partition coefficient (Wildman–Crippen LogP) is 2.43. The van der Waals surface area contributed by atoms with Gasteiger partial charge in [0.1, 0.15) is 15.8 Å². The number of nitrogens with two attached hydrogens (primary N) is 1. The molecular weight excluding hydrogens is 296 g/mol. The fourth-order valence-electron chi connectivity index (χ4n) is 1.95. The summed E-state index contributed by atoms with van der Waals surface area (Å²) in [6.45, 7) is 3.59. The molecule has 0 aliphatic rings. The van der Waals surface area contributed by atoms with Crippen LogP contribution < -0.4 is 5.73 Å². The normalized spacial score (nSPS) is 11.3. The maximum absolute atomic E-state index is 11.1. The van der Waals surface area contributed by atoms with Crippen LogP contribution in [-0.2, 0) is 11.3 Å². The monoisotopic (exact) mass is 312 g/mol. The maximum Gasteiger partial charge on any atom is 0.231 e. The number of aromatic nitrogens is 2. The van der Waals surface area contributed by atoms with E-state index in [0.717, 1.165) is 29.6 Å². The van der Waals surface area contributed by atoms with Crippen LogP contribution in [0.3, 0.4) is 0 Å². The Hall–Kier alpha value is -1.24. The highest BCUT2D eigenvalue weighted by molar-refractivity contribution is 7.16. The van der Waals surface area contributed by atoms with Gasteiger partial charge in [-0.05, 0) is 24.4 Å². The van der Waals surface area contributed by atoms with E-state index in [0.29, 0.717) is 17.5 Å². The number of primary amides is 1. The molecule has 0 unspecified atom stereocenters. The minimum atomic E-state index is -0.343. The van der Waals surface area contributed by atoms with E-state index in [1.54, 1.807) is 0 Å². The molecule has 0 aliphatic carbocycles. The molecule has 2 aromatic rings. The molecule has 108 valence electrons. The van der Waals surface area contributed by atoms with Crippen LogP contribution in [-0.4, -0.2) is 33.9 Å². The Kier molecular flexibility index (Phi) is 5.28. The van der Waals surface area contributed by atoms with Gasteiger partial charge in [-0.1, -0.05) is 24.9 Å². The Labute approximate surface area is 126 Å². The average Bonchev–Trinajstić information content (AvgIpc) is 2.84. The molecule has 2 heterocycles. The molecule has 2 aromatic heterocycles. The van der Waals surface area contributed by atoms with Gasteiger partial charge in [-0.2, -0.15) is 0 Å². The highest BCUT2D eigenvalue weighted by Crippen LogP contribution is 2.25. The number of halogens is 1. The Balaban J connectivity index is 2.16. The molecule has 0 atom stereocenters. The minimum absolute atomic E-state index is 0.212. The van der Waals surface area contributed by atoms with Crippen molar-refractivity contribution in [2.75, 3.05) is 13.1 Å². The molecule has 0 radical (unpaired) electrons. The number of carbonyl (C=O) groups is 1. The van der Waals surface area contributed by atoms with E-state index >= 15 is 0 Å². The van der Waals surface area contributed by atoms with Gasteiger partial charge in [0.15, 0.2) is 0 Å². The summed E-state index contributed by atoms with van der Waals surface area (Å²) in [4.78, 5) is 22.7. The Bertz CT molecular complexity index is 601. The lowest BCUT2D eigenvalue weighted by Crippen LogP contribution is -2.34. The lowest BCUT2D eigenvalue weighted by atomic mass is 10.3. The highest BCUT2D eigenvalue weighted by Gasteiger charge is 2.13. The van der Waals surface area contributed by atoms with Gasteiger partial charge in [0, 0.05) is 5.39 Å². The van der Waals surface area contributed by atoms with E-state index in [2.05, 4.69) is 16.9 Å². The first-order chi connectivity index (χ1) is 9.60. The van der Waals surface area contributed by atoms with Crippen LogP contribution in [0.1, 0.15) is 25.6 Å². The topological polar surface area (TPSA) is 72.1 Å². The standard InChI is InChI=1S/C13H17ClN4OS/c1-2-3-5-18(7-10(15)19)8-11-16-12(14)9-4-6-20-13(9)17-11/h4,6H,2-3,5,7-8H2,1H3,(H2,15,19). The molecule has 0 bridgehead atoms. The smallest absolute Gasteiger partial charge is 0.231 e. The molecule has 0 fully saturated rings. The SMILES string of the molecule is CCCCN(CC(N)=O)Cc1nc(Cl)c2ccsc2n1. The first-order valence-corrected chi connectivity index (χ1v) is 7.76. The minimum Gasteiger partial charge on any atom is -0.369 e. The van der Waals surface area contributed by atoms with Crippen molar-refractivity contribution in [2.24, 2.45) is 5.73 Å². The van der Waals surface area contributed by atoms with Crippen molar-refractivity contribution < 1.29 is 4.79 Å². The molecule has 0 saturated heterocycles. The lowest BCUT2D eigenvalue weighted by molar-refractivity contribution is -0.119. The van der Waals surface area contributed by atoms with Crippen molar-refractivity contribution in [1.82, 2.24) is 14.9 Å². The number of fused-ring (bicyclic) bond motifs is 1. The second-order valence-electron chi connectivity index (χ2n) is 4.60. The number of rotatable bonds is 7. The van der Waals surface area contributed by atoms with E-state index in [9.17, 15) is 4.79 Å². The average molecular weight is 313 g/mol. The van der Waals surface area contributed by atoms with Gasteiger partial charge >= 0.3 is 0 Å². The van der Waals surface area contributed by atoms with E-state index in [4.69, 9.17) is 17.3 Å². The second-order valence-corrected chi connectivity index (χ2v) is 5.85. The molecule has 20 heavy (non-hydrogen) atoms. The van der Waals surface area contributed by atoms with Crippen molar-refractivity contribution in [3.8, 4) is 0 Å². The van der Waals surface area contributed by atoms with Crippen molar-refractivity contribution in [3.63, 3.8) is 0 Å². The van der Waals surface area contributed by atoms with Crippen molar-refractivity contribution in [3.05, 3.63) is 22.4 Å². The molecule has 0 spiro atoms. The predicted molar refractivity (Wildman–Crippen MR) is 81.8 cm³/mol. The van der Waals surface area contributed by atoms with Gasteiger partial charge in [0.2, 0.25) is 5.91 Å². The highest BCUT2D eigenvalue weighted by atomic mass is 35.5. The number of amides is 1. The van der Waals surface area contributed by atoms with Gasteiger partial charge in [0.05, 0.1) is 13.1 Å². The second kappa shape index (κ2) is 6.97. The van der Waals surface area contributed by atoms with Crippen molar-refractivity contribution >= 4 is 39.1 Å². The summed E-state index contributed by atoms with van der Waals surface area (Å²) in [7, 11) is 0. The lowest BCUT2D eigenvalue weighted by Gasteiger charge is -2.19. The summed E-state index contributed by atoms with van der Waals surface area (Å²) in [5, 5.41) is 3.27. The van der Waals surface area contributed by atoms with Gasteiger partial charge in [0.25, 0.3) is 0 Å². The fourth-order valence-corrected chi connectivity index (χ4v) is 3.04. The van der Waals surface area contributed by atoms with Crippen LogP contribution in [0.15, 0.2) is 11.4 Å². The third-order valence-corrected chi connectivity index (χ3v) is 3.99. The molecule has 5 nitrogen and oxygen atoms in total. The number of hydrogen-bond acceptors (Lipinski definition) is 5. The van der Waals surface area contributed by atoms with Crippen LogP contribution in [0.25, 0.3) is 10.2 Å². The zero-order chi connectivity index (χ0) is 14.5. The molecule has 0 aliphatic heterocycles. The Morgan fingerprint density at radius 2 is 2.30 bits per heavy atom. The summed E-state index contributed by atoms with van der Waals surface area (Å²) in [6.07, 6.45) is 2.06. The van der Waals surface area contributed by atoms with Crippen molar-refractivity contribution in [1.29, 1.82) is 0 Å². The summed E-state index contributed by atoms with van der Waals surface area (Å²) >= 11 is 7.67. The molecular formula is C13H17ClN4OS. The Morgan fingerprint density at radius 1 is 1.50 bits per heavy atom. The first kappa shape index (κ1) is 15.2. The van der Waals surface area contributed by atoms with E-state index in [1.807, 2.05) is 16.3 Å². The third kappa shape index (κ3) is 3.88. The van der Waals surface area contributed by atoms with Crippen LogP contribution in [0.2, 0.25) is 5.15 Å². The molecule has 1 amide bonds. The van der Waals surface area contributed by atoms with Crippen LogP contribution >= 0.6 is 22.9 Å². The summed E-state index contributed by atoms with van der Waals surface area (Å²) in [5.74, 6) is 0.284. The van der Waals surface area contributed by atoms with Crippen LogP contribution in [0.4, 0.5) is 0 Å². The van der Waals surface area contributed by atoms with Crippen LogP contribution in [0.5, 0.6) is 0 Å². The van der Waals surface area contributed by atoms with E-state index < -0.39 is 0 Å². The molecule has 0 aromatic carbocycles. The number of hydrogen-bond donors (Lipinski definition) is 1. The fraction of sp³-hybridized carbons (Fsp3) is 0.462. The summed E-state index contributed by atoms with van der Waals surface area (Å²) < 4.78 is 0. The van der Waals surface area contributed by atoms with Gasteiger partial charge in [-0.3, -0.25) is 9.69 Å². The molecule has 0 saturated carbocycles. The van der Waals surface area contributed by atoms with Gasteiger partial charge in [-0.25, -0.2) is 9.97 Å². The quantitative estimate of drug-likeness (QED) is 0.797. The maximum atomic E-state index is 11.1. The van der Waals surface area contributed by atoms with E-state index in [1.165, 1.54) is 11.3 Å². The van der Waals surface area contributed by atoms with E-state index in [-0.39, 0.29) is 12.5 Å². The molecule has 7 heteroatoms. The van der Waals surface area contributed by atoms with Crippen LogP contribution in [0, 0.1) is 0 Å². The van der Waals surface area contributed by atoms with Gasteiger partial charge in [-0.15, -0.1) is 11.3 Å². The Morgan fingerprint density at radius 3 is 3.00 bits per heavy atom. The number of thiophene rings is 1. The first-order valence-electron chi connectivity index (χ1n) is 6.50. The molecule has 2 N–H and O–H groups in total. The van der Waals surface area contributed by atoms with Gasteiger partial charge < -0.3 is 5.73 Å². The van der Waals surface area contributed by atoms with Crippen molar-refractivity contribution in [2.45, 2.75) is 26.3 Å². The summed E-state index contributed by atoms with van der Waals surface area (Å²) in [6, 6.07) is 1.91. The third-order valence-electron chi connectivity index (χ3n) is 2.90. The zero-order valence-corrected chi connectivity index (χ0v) is 12.9.